The Morgan fingerprint density at radius 2 is 0.957 bits per heavy atom. The second kappa shape index (κ2) is 10.8. The van der Waals surface area contributed by atoms with Crippen LogP contribution in [0.5, 0.6) is 0 Å². The van der Waals surface area contributed by atoms with Gasteiger partial charge in [0.05, 0.1) is 17.1 Å². The molecule has 0 saturated carbocycles. The lowest BCUT2D eigenvalue weighted by molar-refractivity contribution is 0.332. The van der Waals surface area contributed by atoms with Crippen molar-refractivity contribution >= 4 is 17.1 Å². The molecule has 4 aromatic rings. The maximum Gasteiger partial charge on any atom is 0.0618 e. The molecule has 0 unspecified atom stereocenters. The first-order valence-electron chi connectivity index (χ1n) is 17.4. The topological polar surface area (TPSA) is 38.0 Å². The molecule has 0 aliphatic heterocycles. The van der Waals surface area contributed by atoms with Crippen molar-refractivity contribution in [2.24, 2.45) is 0 Å². The minimum atomic E-state index is -0.0290. The van der Waals surface area contributed by atoms with Gasteiger partial charge < -0.3 is 11.1 Å². The molecule has 0 atom stereocenters. The minimum absolute atomic E-state index is 0.0290. The Bertz CT molecular complexity index is 1710. The number of nitrogen functional groups attached to an aromatic ring is 1. The summed E-state index contributed by atoms with van der Waals surface area (Å²) in [4.78, 5) is 0. The molecule has 2 nitrogen and oxygen atoms in total. The highest BCUT2D eigenvalue weighted by atomic mass is 14.9. The van der Waals surface area contributed by atoms with Crippen LogP contribution in [0.25, 0.3) is 22.3 Å². The van der Waals surface area contributed by atoms with Crippen molar-refractivity contribution in [3.63, 3.8) is 0 Å². The average Bonchev–Trinajstić information content (AvgIpc) is 2.98. The summed E-state index contributed by atoms with van der Waals surface area (Å²) in [5.41, 5.74) is 22.2. The van der Waals surface area contributed by atoms with E-state index in [4.69, 9.17) is 5.73 Å². The van der Waals surface area contributed by atoms with E-state index >= 15 is 0 Å². The fourth-order valence-corrected chi connectivity index (χ4v) is 7.92. The van der Waals surface area contributed by atoms with Gasteiger partial charge in [-0.25, -0.2) is 0 Å². The van der Waals surface area contributed by atoms with E-state index in [0.29, 0.717) is 0 Å². The predicted molar refractivity (Wildman–Crippen MR) is 201 cm³/mol. The number of para-hydroxylation sites is 2. The molecule has 2 heteroatoms. The minimum Gasteiger partial charge on any atom is -0.397 e. The lowest BCUT2D eigenvalue weighted by Crippen LogP contribution is -2.33. The summed E-state index contributed by atoms with van der Waals surface area (Å²) in [6, 6.07) is 27.6. The van der Waals surface area contributed by atoms with Crippen molar-refractivity contribution in [1.29, 1.82) is 0 Å². The zero-order valence-corrected chi connectivity index (χ0v) is 30.3. The fraction of sp³-hybridized carbons (Fsp3) is 0.455. The molecule has 0 amide bonds. The first-order chi connectivity index (χ1) is 21.3. The SMILES string of the molecule is CC(C)(C)c1cc(-c2ccc3c(c2)C(C)(C)CCC3(C)C)c(Nc2ccccc2N)c(-c2ccc3c(c2)C(C)(C)CCC3(C)C)c1. The van der Waals surface area contributed by atoms with Crippen LogP contribution in [0.15, 0.2) is 72.8 Å². The van der Waals surface area contributed by atoms with Gasteiger partial charge in [0.2, 0.25) is 0 Å². The summed E-state index contributed by atoms with van der Waals surface area (Å²) in [5, 5.41) is 3.89. The van der Waals surface area contributed by atoms with E-state index in [1.54, 1.807) is 0 Å². The average molecular weight is 613 g/mol. The van der Waals surface area contributed by atoms with E-state index in [0.717, 1.165) is 17.1 Å². The smallest absolute Gasteiger partial charge is 0.0618 e. The standard InChI is InChI=1S/C44H56N2/c1-40(2,3)30-26-31(28-16-18-33-35(24-28)43(8,9)22-20-41(33,4)5)39(46-38-15-13-12-14-37(38)45)32(27-30)29-17-19-34-36(25-29)44(10,11)23-21-42(34,6)7/h12-19,24-27,46H,20-23,45H2,1-11H3. The summed E-state index contributed by atoms with van der Waals surface area (Å²) in [7, 11) is 0. The van der Waals surface area contributed by atoms with E-state index in [9.17, 15) is 0 Å². The quantitative estimate of drug-likeness (QED) is 0.225. The molecule has 0 spiro atoms. The number of nitrogens with one attached hydrogen (secondary N) is 1. The molecule has 2 aliphatic carbocycles. The van der Waals surface area contributed by atoms with Gasteiger partial charge in [0, 0.05) is 11.1 Å². The summed E-state index contributed by atoms with van der Waals surface area (Å²) in [6.45, 7) is 26.3. The molecule has 46 heavy (non-hydrogen) atoms. The maximum atomic E-state index is 6.60. The van der Waals surface area contributed by atoms with Gasteiger partial charge in [-0.15, -0.1) is 0 Å². The third kappa shape index (κ3) is 5.67. The van der Waals surface area contributed by atoms with E-state index in [1.165, 1.54) is 75.8 Å². The summed E-state index contributed by atoms with van der Waals surface area (Å²) in [6.07, 6.45) is 4.80. The van der Waals surface area contributed by atoms with Crippen LogP contribution in [-0.2, 0) is 27.1 Å². The molecular formula is C44H56N2. The van der Waals surface area contributed by atoms with Crippen LogP contribution in [0, 0.1) is 0 Å². The molecule has 0 aromatic heterocycles. The molecule has 2 aliphatic rings. The van der Waals surface area contributed by atoms with Gasteiger partial charge in [-0.2, -0.15) is 0 Å². The summed E-state index contributed by atoms with van der Waals surface area (Å²) < 4.78 is 0. The Morgan fingerprint density at radius 1 is 0.543 bits per heavy atom. The van der Waals surface area contributed by atoms with Crippen molar-refractivity contribution in [1.82, 2.24) is 0 Å². The van der Waals surface area contributed by atoms with Crippen LogP contribution in [0.2, 0.25) is 0 Å². The molecule has 0 fully saturated rings. The van der Waals surface area contributed by atoms with Gasteiger partial charge in [-0.05, 0) is 116 Å². The number of anilines is 3. The third-order valence-corrected chi connectivity index (χ3v) is 11.6. The predicted octanol–water partition coefficient (Wildman–Crippen LogP) is 12.3. The van der Waals surface area contributed by atoms with E-state index in [2.05, 4.69) is 142 Å². The van der Waals surface area contributed by atoms with E-state index in [1.807, 2.05) is 12.1 Å². The monoisotopic (exact) mass is 612 g/mol. The van der Waals surface area contributed by atoms with Crippen molar-refractivity contribution < 1.29 is 0 Å². The highest BCUT2D eigenvalue weighted by Gasteiger charge is 2.39. The summed E-state index contributed by atoms with van der Waals surface area (Å²) >= 11 is 0. The Labute approximate surface area is 279 Å². The Kier molecular flexibility index (Phi) is 7.58. The second-order valence-corrected chi connectivity index (χ2v) is 18.0. The fourth-order valence-electron chi connectivity index (χ4n) is 7.92. The number of benzene rings is 4. The molecule has 3 N–H and O–H groups in total. The van der Waals surface area contributed by atoms with Crippen LogP contribution in [0.1, 0.15) is 130 Å². The maximum absolute atomic E-state index is 6.60. The molecule has 0 bridgehead atoms. The third-order valence-electron chi connectivity index (χ3n) is 11.6. The van der Waals surface area contributed by atoms with Gasteiger partial charge >= 0.3 is 0 Å². The molecule has 0 saturated heterocycles. The number of nitrogens with two attached hydrogens (primary N) is 1. The van der Waals surface area contributed by atoms with Crippen LogP contribution < -0.4 is 11.1 Å². The van der Waals surface area contributed by atoms with Crippen LogP contribution in [0.3, 0.4) is 0 Å². The van der Waals surface area contributed by atoms with Gasteiger partial charge in [0.1, 0.15) is 0 Å². The van der Waals surface area contributed by atoms with Crippen molar-refractivity contribution in [3.05, 3.63) is 101 Å². The highest BCUT2D eigenvalue weighted by Crippen LogP contribution is 2.51. The molecule has 0 heterocycles. The number of rotatable bonds is 4. The van der Waals surface area contributed by atoms with Gasteiger partial charge in [0.25, 0.3) is 0 Å². The normalized spacial score (nSPS) is 19.2. The van der Waals surface area contributed by atoms with Gasteiger partial charge in [-0.1, -0.05) is 125 Å². The number of hydrogen-bond acceptors (Lipinski definition) is 2. The number of fused-ring (bicyclic) bond motifs is 2. The van der Waals surface area contributed by atoms with E-state index in [-0.39, 0.29) is 27.1 Å². The molecule has 242 valence electrons. The van der Waals surface area contributed by atoms with Crippen LogP contribution in [0.4, 0.5) is 17.1 Å². The van der Waals surface area contributed by atoms with Crippen molar-refractivity contribution in [2.45, 2.75) is 129 Å². The van der Waals surface area contributed by atoms with Gasteiger partial charge in [-0.3, -0.25) is 0 Å². The lowest BCUT2D eigenvalue weighted by Gasteiger charge is -2.42. The first kappa shape index (κ1) is 32.4. The Hall–Kier alpha value is -3.52. The number of hydrogen-bond donors (Lipinski definition) is 2. The molecular weight excluding hydrogens is 556 g/mol. The Balaban J connectivity index is 1.67. The van der Waals surface area contributed by atoms with Crippen LogP contribution in [-0.4, -0.2) is 0 Å². The lowest BCUT2D eigenvalue weighted by atomic mass is 9.62. The molecule has 6 rings (SSSR count). The van der Waals surface area contributed by atoms with Crippen molar-refractivity contribution in [2.75, 3.05) is 11.1 Å². The highest BCUT2D eigenvalue weighted by molar-refractivity contribution is 5.95. The van der Waals surface area contributed by atoms with Gasteiger partial charge in [0.15, 0.2) is 0 Å². The zero-order chi connectivity index (χ0) is 33.4. The molecule has 4 aromatic carbocycles. The first-order valence-corrected chi connectivity index (χ1v) is 17.4. The summed E-state index contributed by atoms with van der Waals surface area (Å²) in [5.74, 6) is 0. The van der Waals surface area contributed by atoms with Crippen molar-refractivity contribution in [3.8, 4) is 22.3 Å². The molecule has 0 radical (unpaired) electrons. The largest absolute Gasteiger partial charge is 0.397 e. The Morgan fingerprint density at radius 3 is 1.37 bits per heavy atom. The van der Waals surface area contributed by atoms with Crippen LogP contribution >= 0.6 is 0 Å². The second-order valence-electron chi connectivity index (χ2n) is 18.0. The van der Waals surface area contributed by atoms with E-state index < -0.39 is 0 Å². The zero-order valence-electron chi connectivity index (χ0n) is 30.3.